The fourth-order valence-electron chi connectivity index (χ4n) is 1.56. The largest absolute Gasteiger partial charge is 0.469 e. The Morgan fingerprint density at radius 3 is 2.56 bits per heavy atom. The molecule has 1 atom stereocenters. The number of carbonyl (C=O) groups is 1. The highest BCUT2D eigenvalue weighted by Gasteiger charge is 2.19. The fraction of sp³-hybridized carbons (Fsp3) is 0.364. The van der Waals surface area contributed by atoms with Crippen LogP contribution in [0, 0.1) is 17.0 Å². The lowest BCUT2D eigenvalue weighted by Gasteiger charge is -2.11. The molecular formula is C11H13NO4. The molecule has 0 amide bonds. The second-order valence-corrected chi connectivity index (χ2v) is 3.54. The van der Waals surface area contributed by atoms with Gasteiger partial charge in [0.2, 0.25) is 0 Å². The van der Waals surface area contributed by atoms with E-state index in [1.807, 2.05) is 0 Å². The van der Waals surface area contributed by atoms with E-state index >= 15 is 0 Å². The number of ether oxygens (including phenoxy) is 1. The van der Waals surface area contributed by atoms with Crippen LogP contribution in [0.3, 0.4) is 0 Å². The number of hydrogen-bond acceptors (Lipinski definition) is 4. The number of rotatable bonds is 3. The van der Waals surface area contributed by atoms with Crippen molar-refractivity contribution in [2.75, 3.05) is 7.11 Å². The molecule has 0 aliphatic rings. The topological polar surface area (TPSA) is 69.4 Å². The van der Waals surface area contributed by atoms with Crippen LogP contribution in [0.2, 0.25) is 0 Å². The molecule has 5 nitrogen and oxygen atoms in total. The zero-order valence-corrected chi connectivity index (χ0v) is 9.39. The zero-order chi connectivity index (χ0) is 12.3. The van der Waals surface area contributed by atoms with Crippen LogP contribution in [0.15, 0.2) is 18.2 Å². The third-order valence-corrected chi connectivity index (χ3v) is 2.49. The van der Waals surface area contributed by atoms with Gasteiger partial charge in [-0.3, -0.25) is 14.9 Å². The Hall–Kier alpha value is -1.91. The minimum Gasteiger partial charge on any atom is -0.469 e. The van der Waals surface area contributed by atoms with Crippen molar-refractivity contribution in [3.63, 3.8) is 0 Å². The maximum atomic E-state index is 11.3. The van der Waals surface area contributed by atoms with Gasteiger partial charge in [0.25, 0.3) is 5.69 Å². The highest BCUT2D eigenvalue weighted by Crippen LogP contribution is 2.24. The van der Waals surface area contributed by atoms with Gasteiger partial charge in [-0.2, -0.15) is 0 Å². The molecule has 0 N–H and O–H groups in total. The van der Waals surface area contributed by atoms with Gasteiger partial charge in [-0.1, -0.05) is 6.07 Å². The summed E-state index contributed by atoms with van der Waals surface area (Å²) >= 11 is 0. The van der Waals surface area contributed by atoms with Gasteiger partial charge in [-0.05, 0) is 25.0 Å². The molecule has 16 heavy (non-hydrogen) atoms. The van der Waals surface area contributed by atoms with Crippen LogP contribution in [0.25, 0.3) is 0 Å². The highest BCUT2D eigenvalue weighted by atomic mass is 16.6. The summed E-state index contributed by atoms with van der Waals surface area (Å²) in [5.74, 6) is -0.761. The number of carbonyl (C=O) groups excluding carboxylic acids is 1. The fourth-order valence-corrected chi connectivity index (χ4v) is 1.56. The Morgan fingerprint density at radius 1 is 1.50 bits per heavy atom. The van der Waals surface area contributed by atoms with Crippen LogP contribution in [-0.2, 0) is 9.53 Å². The Labute approximate surface area is 93.2 Å². The van der Waals surface area contributed by atoms with E-state index < -0.39 is 10.8 Å². The molecule has 0 bridgehead atoms. The number of nitro benzene ring substituents is 1. The number of hydrogen-bond donors (Lipinski definition) is 0. The summed E-state index contributed by atoms with van der Waals surface area (Å²) in [5.41, 5.74) is 1.49. The number of nitro groups is 1. The van der Waals surface area contributed by atoms with Crippen LogP contribution < -0.4 is 0 Å². The van der Waals surface area contributed by atoms with Crippen molar-refractivity contribution in [1.29, 1.82) is 0 Å². The summed E-state index contributed by atoms with van der Waals surface area (Å²) in [7, 11) is 1.32. The quantitative estimate of drug-likeness (QED) is 0.447. The number of aryl methyl sites for hydroxylation is 1. The highest BCUT2D eigenvalue weighted by molar-refractivity contribution is 5.78. The molecule has 0 saturated heterocycles. The van der Waals surface area contributed by atoms with Crippen molar-refractivity contribution in [3.05, 3.63) is 39.4 Å². The lowest BCUT2D eigenvalue weighted by Crippen LogP contribution is -2.12. The first-order chi connectivity index (χ1) is 7.47. The van der Waals surface area contributed by atoms with Gasteiger partial charge in [0.15, 0.2) is 0 Å². The average molecular weight is 223 g/mol. The van der Waals surface area contributed by atoms with E-state index in [1.165, 1.54) is 19.2 Å². The van der Waals surface area contributed by atoms with Gasteiger partial charge in [0.05, 0.1) is 18.0 Å². The van der Waals surface area contributed by atoms with Crippen LogP contribution in [-0.4, -0.2) is 18.0 Å². The van der Waals surface area contributed by atoms with Gasteiger partial charge in [0.1, 0.15) is 0 Å². The molecular weight excluding hydrogens is 210 g/mol. The molecule has 0 spiro atoms. The third kappa shape index (κ3) is 2.36. The van der Waals surface area contributed by atoms with E-state index in [0.29, 0.717) is 5.56 Å². The molecule has 0 aliphatic heterocycles. The summed E-state index contributed by atoms with van der Waals surface area (Å²) in [6.45, 7) is 3.45. The van der Waals surface area contributed by atoms with E-state index in [4.69, 9.17) is 0 Å². The molecule has 1 rings (SSSR count). The lowest BCUT2D eigenvalue weighted by atomic mass is 9.96. The van der Waals surface area contributed by atoms with Gasteiger partial charge in [0, 0.05) is 12.1 Å². The normalized spacial score (nSPS) is 11.9. The van der Waals surface area contributed by atoms with Crippen LogP contribution in [0.5, 0.6) is 0 Å². The average Bonchev–Trinajstić information content (AvgIpc) is 2.26. The van der Waals surface area contributed by atoms with E-state index in [9.17, 15) is 14.9 Å². The van der Waals surface area contributed by atoms with E-state index in [-0.39, 0.29) is 11.7 Å². The van der Waals surface area contributed by atoms with Gasteiger partial charge in [-0.15, -0.1) is 0 Å². The first-order valence-electron chi connectivity index (χ1n) is 4.80. The van der Waals surface area contributed by atoms with E-state index in [0.717, 1.165) is 5.56 Å². The summed E-state index contributed by atoms with van der Waals surface area (Å²) in [5, 5.41) is 10.5. The molecule has 0 heterocycles. The predicted octanol–water partition coefficient (Wildman–Crippen LogP) is 2.18. The Balaban J connectivity index is 3.08. The first kappa shape index (κ1) is 12.2. The number of esters is 1. The number of benzene rings is 1. The zero-order valence-electron chi connectivity index (χ0n) is 9.39. The van der Waals surface area contributed by atoms with E-state index in [2.05, 4.69) is 4.74 Å². The molecule has 0 radical (unpaired) electrons. The Morgan fingerprint density at radius 2 is 2.12 bits per heavy atom. The number of methoxy groups -OCH3 is 1. The molecule has 0 fully saturated rings. The summed E-state index contributed by atoms with van der Waals surface area (Å²) < 4.78 is 4.63. The Bertz CT molecular complexity index is 428. The van der Waals surface area contributed by atoms with Crippen molar-refractivity contribution >= 4 is 11.7 Å². The molecule has 1 aromatic carbocycles. The second kappa shape index (κ2) is 4.74. The minimum atomic E-state index is -0.459. The van der Waals surface area contributed by atoms with Crippen molar-refractivity contribution in [3.8, 4) is 0 Å². The number of nitrogens with zero attached hydrogens (tertiary/aromatic N) is 1. The van der Waals surface area contributed by atoms with Gasteiger partial charge in [-0.25, -0.2) is 0 Å². The maximum Gasteiger partial charge on any atom is 0.312 e. The maximum absolute atomic E-state index is 11.3. The predicted molar refractivity (Wildman–Crippen MR) is 58.3 cm³/mol. The van der Waals surface area contributed by atoms with Crippen molar-refractivity contribution < 1.29 is 14.5 Å². The molecule has 0 saturated carbocycles. The minimum absolute atomic E-state index is 0.0262. The standard InChI is InChI=1S/C11H13NO4/c1-7-6-9(12(14)15)4-5-10(7)8(2)11(13)16-3/h4-6,8H,1-3H3. The SMILES string of the molecule is COC(=O)C(C)c1ccc([N+](=O)[O-])cc1C. The van der Waals surface area contributed by atoms with Crippen LogP contribution in [0.4, 0.5) is 5.69 Å². The Kier molecular flexibility index (Phi) is 3.60. The molecule has 1 aromatic rings. The number of non-ortho nitro benzene ring substituents is 1. The van der Waals surface area contributed by atoms with Crippen LogP contribution >= 0.6 is 0 Å². The molecule has 0 aliphatic carbocycles. The van der Waals surface area contributed by atoms with Crippen molar-refractivity contribution in [2.45, 2.75) is 19.8 Å². The smallest absolute Gasteiger partial charge is 0.312 e. The molecule has 86 valence electrons. The van der Waals surface area contributed by atoms with Crippen molar-refractivity contribution in [2.24, 2.45) is 0 Å². The monoisotopic (exact) mass is 223 g/mol. The molecule has 0 aromatic heterocycles. The van der Waals surface area contributed by atoms with Gasteiger partial charge < -0.3 is 4.74 Å². The summed E-state index contributed by atoms with van der Waals surface area (Å²) in [6.07, 6.45) is 0. The van der Waals surface area contributed by atoms with Crippen molar-refractivity contribution in [1.82, 2.24) is 0 Å². The second-order valence-electron chi connectivity index (χ2n) is 3.54. The lowest BCUT2D eigenvalue weighted by molar-refractivity contribution is -0.384. The third-order valence-electron chi connectivity index (χ3n) is 2.49. The summed E-state index contributed by atoms with van der Waals surface area (Å²) in [4.78, 5) is 21.4. The van der Waals surface area contributed by atoms with Gasteiger partial charge >= 0.3 is 5.97 Å². The molecule has 1 unspecified atom stereocenters. The summed E-state index contributed by atoms with van der Waals surface area (Å²) in [6, 6.07) is 4.44. The first-order valence-corrected chi connectivity index (χ1v) is 4.80. The molecule has 5 heteroatoms. The van der Waals surface area contributed by atoms with E-state index in [1.54, 1.807) is 19.9 Å². The van der Waals surface area contributed by atoms with Crippen LogP contribution in [0.1, 0.15) is 24.0 Å².